The molecule has 0 aliphatic heterocycles. The molecular formula is C13H17N3. The van der Waals surface area contributed by atoms with E-state index < -0.39 is 0 Å². The van der Waals surface area contributed by atoms with Crippen LogP contribution in [0.25, 0.3) is 0 Å². The van der Waals surface area contributed by atoms with E-state index in [-0.39, 0.29) is 0 Å². The van der Waals surface area contributed by atoms with Crippen molar-refractivity contribution < 1.29 is 0 Å². The molecule has 2 rings (SSSR count). The van der Waals surface area contributed by atoms with Crippen molar-refractivity contribution >= 4 is 5.82 Å². The van der Waals surface area contributed by atoms with E-state index in [1.807, 2.05) is 6.07 Å². The van der Waals surface area contributed by atoms with Crippen LogP contribution < -0.4 is 5.32 Å². The molecule has 1 aliphatic carbocycles. The zero-order chi connectivity index (χ0) is 11.4. The maximum absolute atomic E-state index is 8.79. The molecule has 0 aromatic carbocycles. The van der Waals surface area contributed by atoms with E-state index in [4.69, 9.17) is 5.26 Å². The average Bonchev–Trinajstić information content (AvgIpc) is 2.29. The summed E-state index contributed by atoms with van der Waals surface area (Å²) in [5, 5.41) is 12.1. The molecule has 1 saturated carbocycles. The lowest BCUT2D eigenvalue weighted by molar-refractivity contribution is 0.145. The number of pyridine rings is 1. The lowest BCUT2D eigenvalue weighted by atomic mass is 9.67. The summed E-state index contributed by atoms with van der Waals surface area (Å²) in [7, 11) is 0. The number of rotatable bonds is 4. The Morgan fingerprint density at radius 2 is 2.38 bits per heavy atom. The second-order valence-electron chi connectivity index (χ2n) is 4.60. The summed E-state index contributed by atoms with van der Waals surface area (Å²) in [5.41, 5.74) is 1.14. The van der Waals surface area contributed by atoms with Gasteiger partial charge in [-0.25, -0.2) is 4.98 Å². The summed E-state index contributed by atoms with van der Waals surface area (Å²) >= 11 is 0. The van der Waals surface area contributed by atoms with Crippen molar-refractivity contribution in [1.29, 1.82) is 5.26 Å². The smallest absolute Gasteiger partial charge is 0.127 e. The minimum Gasteiger partial charge on any atom is -0.369 e. The maximum atomic E-state index is 8.79. The molecule has 0 amide bonds. The Hall–Kier alpha value is -1.56. The van der Waals surface area contributed by atoms with Gasteiger partial charge in [-0.05, 0) is 36.8 Å². The van der Waals surface area contributed by atoms with E-state index in [1.54, 1.807) is 12.3 Å². The van der Waals surface area contributed by atoms with Crippen LogP contribution in [-0.2, 0) is 0 Å². The van der Waals surface area contributed by atoms with E-state index in [2.05, 4.69) is 23.3 Å². The summed E-state index contributed by atoms with van der Waals surface area (Å²) < 4.78 is 0. The fourth-order valence-corrected chi connectivity index (χ4v) is 2.21. The first-order valence-electron chi connectivity index (χ1n) is 5.88. The van der Waals surface area contributed by atoms with E-state index in [9.17, 15) is 0 Å². The van der Waals surface area contributed by atoms with Crippen LogP contribution >= 0.6 is 0 Å². The van der Waals surface area contributed by atoms with Gasteiger partial charge in [0.05, 0.1) is 11.6 Å². The van der Waals surface area contributed by atoms with Gasteiger partial charge >= 0.3 is 0 Å². The molecule has 0 radical (unpaired) electrons. The van der Waals surface area contributed by atoms with Crippen molar-refractivity contribution in [3.8, 4) is 6.07 Å². The molecule has 3 heteroatoms. The molecule has 1 aromatic rings. The molecular weight excluding hydrogens is 198 g/mol. The minimum absolute atomic E-state index is 0.477. The molecule has 0 atom stereocenters. The van der Waals surface area contributed by atoms with E-state index in [0.717, 1.165) is 12.4 Å². The van der Waals surface area contributed by atoms with Gasteiger partial charge < -0.3 is 5.32 Å². The van der Waals surface area contributed by atoms with E-state index >= 15 is 0 Å². The monoisotopic (exact) mass is 215 g/mol. The summed E-state index contributed by atoms with van der Waals surface area (Å²) in [6.07, 6.45) is 6.88. The Morgan fingerprint density at radius 3 is 2.94 bits per heavy atom. The number of hydrogen-bond donors (Lipinski definition) is 1. The molecule has 1 heterocycles. The zero-order valence-corrected chi connectivity index (χ0v) is 9.66. The second kappa shape index (κ2) is 4.52. The van der Waals surface area contributed by atoms with Gasteiger partial charge in [0.1, 0.15) is 5.82 Å². The molecule has 1 fully saturated rings. The summed E-state index contributed by atoms with van der Waals surface area (Å²) in [4.78, 5) is 4.22. The first-order chi connectivity index (χ1) is 7.78. The quantitative estimate of drug-likeness (QED) is 0.840. The molecule has 1 N–H and O–H groups in total. The van der Waals surface area contributed by atoms with Crippen molar-refractivity contribution in [1.82, 2.24) is 4.98 Å². The average molecular weight is 215 g/mol. The maximum Gasteiger partial charge on any atom is 0.127 e. The highest BCUT2D eigenvalue weighted by molar-refractivity contribution is 5.42. The van der Waals surface area contributed by atoms with Gasteiger partial charge in [0.15, 0.2) is 0 Å². The van der Waals surface area contributed by atoms with Crippen molar-refractivity contribution in [3.63, 3.8) is 0 Å². The number of nitrogens with one attached hydrogen (secondary N) is 1. The van der Waals surface area contributed by atoms with Gasteiger partial charge in [-0.15, -0.1) is 0 Å². The van der Waals surface area contributed by atoms with Gasteiger partial charge in [0.25, 0.3) is 0 Å². The first-order valence-corrected chi connectivity index (χ1v) is 5.88. The third-order valence-corrected chi connectivity index (χ3v) is 3.70. The first kappa shape index (κ1) is 10.9. The normalized spacial score (nSPS) is 17.2. The minimum atomic E-state index is 0.477. The molecule has 0 spiro atoms. The van der Waals surface area contributed by atoms with Gasteiger partial charge in [-0.3, -0.25) is 0 Å². The fourth-order valence-electron chi connectivity index (χ4n) is 2.21. The Balaban J connectivity index is 1.96. The number of anilines is 1. The van der Waals surface area contributed by atoms with E-state index in [0.29, 0.717) is 11.0 Å². The summed E-state index contributed by atoms with van der Waals surface area (Å²) in [6, 6.07) is 5.66. The highest BCUT2D eigenvalue weighted by Gasteiger charge is 2.34. The molecule has 0 bridgehead atoms. The van der Waals surface area contributed by atoms with Gasteiger partial charge in [0, 0.05) is 12.7 Å². The van der Waals surface area contributed by atoms with Crippen LogP contribution in [0.4, 0.5) is 5.82 Å². The third kappa shape index (κ3) is 2.16. The summed E-state index contributed by atoms with van der Waals surface area (Å²) in [6.45, 7) is 3.23. The molecule has 0 saturated heterocycles. The number of nitriles is 1. The Labute approximate surface area is 96.5 Å². The summed E-state index contributed by atoms with van der Waals surface area (Å²) in [5.74, 6) is 0.818. The predicted molar refractivity (Wildman–Crippen MR) is 64.0 cm³/mol. The molecule has 3 nitrogen and oxygen atoms in total. The van der Waals surface area contributed by atoms with Gasteiger partial charge in [-0.1, -0.05) is 13.3 Å². The Kier molecular flexibility index (Phi) is 3.09. The van der Waals surface area contributed by atoms with Crippen LogP contribution in [0.5, 0.6) is 0 Å². The van der Waals surface area contributed by atoms with Crippen molar-refractivity contribution in [2.45, 2.75) is 32.6 Å². The zero-order valence-electron chi connectivity index (χ0n) is 9.66. The van der Waals surface area contributed by atoms with Crippen LogP contribution in [0.3, 0.4) is 0 Å². The lowest BCUT2D eigenvalue weighted by Crippen LogP contribution is -2.36. The van der Waals surface area contributed by atoms with Gasteiger partial charge in [0.2, 0.25) is 0 Å². The number of aromatic nitrogens is 1. The number of nitrogens with zero attached hydrogens (tertiary/aromatic N) is 2. The van der Waals surface area contributed by atoms with Crippen molar-refractivity contribution in [3.05, 3.63) is 23.9 Å². The van der Waals surface area contributed by atoms with Crippen LogP contribution in [0.2, 0.25) is 0 Å². The SMILES string of the molecule is CCC1(CNc2cc(C#N)ccn2)CCC1. The topological polar surface area (TPSA) is 48.7 Å². The standard InChI is InChI=1S/C13H17N3/c1-2-13(5-3-6-13)10-16-12-8-11(9-14)4-7-15-12/h4,7-8H,2-3,5-6,10H2,1H3,(H,15,16). The van der Waals surface area contributed by atoms with E-state index in [1.165, 1.54) is 25.7 Å². The highest BCUT2D eigenvalue weighted by Crippen LogP contribution is 2.43. The molecule has 1 aromatic heterocycles. The lowest BCUT2D eigenvalue weighted by Gasteiger charge is -2.41. The van der Waals surface area contributed by atoms with Crippen LogP contribution in [-0.4, -0.2) is 11.5 Å². The molecule has 0 unspecified atom stereocenters. The largest absolute Gasteiger partial charge is 0.369 e. The van der Waals surface area contributed by atoms with Crippen molar-refractivity contribution in [2.75, 3.05) is 11.9 Å². The highest BCUT2D eigenvalue weighted by atomic mass is 15.0. The van der Waals surface area contributed by atoms with Crippen LogP contribution in [0.1, 0.15) is 38.2 Å². The van der Waals surface area contributed by atoms with Crippen molar-refractivity contribution in [2.24, 2.45) is 5.41 Å². The fraction of sp³-hybridized carbons (Fsp3) is 0.538. The predicted octanol–water partition coefficient (Wildman–Crippen LogP) is 2.95. The Bertz CT molecular complexity index is 396. The molecule has 16 heavy (non-hydrogen) atoms. The molecule has 84 valence electrons. The Morgan fingerprint density at radius 1 is 1.56 bits per heavy atom. The third-order valence-electron chi connectivity index (χ3n) is 3.70. The van der Waals surface area contributed by atoms with Gasteiger partial charge in [-0.2, -0.15) is 5.26 Å². The van der Waals surface area contributed by atoms with Crippen LogP contribution in [0.15, 0.2) is 18.3 Å². The van der Waals surface area contributed by atoms with Crippen LogP contribution in [0, 0.1) is 16.7 Å². The second-order valence-corrected chi connectivity index (χ2v) is 4.60. The number of hydrogen-bond acceptors (Lipinski definition) is 3. The molecule has 1 aliphatic rings.